The molecule has 29 heavy (non-hydrogen) atoms. The summed E-state index contributed by atoms with van der Waals surface area (Å²) >= 11 is 0. The molecule has 0 amide bonds. The van der Waals surface area contributed by atoms with Gasteiger partial charge in [0.05, 0.1) is 15.8 Å². The minimum absolute atomic E-state index is 0.204. The van der Waals surface area contributed by atoms with Crippen LogP contribution in [0.1, 0.15) is 102 Å². The monoisotopic (exact) mass is 403 g/mol. The molecular weight excluding hydrogens is 356 g/mol. The lowest BCUT2D eigenvalue weighted by Gasteiger charge is -2.44. The first-order valence-corrected chi connectivity index (χ1v) is 11.9. The number of aliphatic hydroxyl groups excluding tert-OH is 1. The molecule has 0 aromatic rings. The van der Waals surface area contributed by atoms with Gasteiger partial charge in [0, 0.05) is 0 Å². The average Bonchev–Trinajstić information content (AvgIpc) is 3.04. The number of allylic oxidation sites excluding steroid dienone is 4. The van der Waals surface area contributed by atoms with Crippen molar-refractivity contribution in [2.24, 2.45) is 23.2 Å². The number of aliphatic hydroxyl groups is 2. The smallest absolute Gasteiger partial charge is 0.0626 e. The van der Waals surface area contributed by atoms with Gasteiger partial charge in [-0.2, -0.15) is 0 Å². The van der Waals surface area contributed by atoms with Crippen molar-refractivity contribution in [3.8, 4) is 0 Å². The maximum atomic E-state index is 10.1. The molecule has 0 saturated heterocycles. The fraction of sp³-hybridized carbons (Fsp3) is 0.778. The van der Waals surface area contributed by atoms with E-state index in [-0.39, 0.29) is 11.9 Å². The summed E-state index contributed by atoms with van der Waals surface area (Å²) in [6, 6.07) is 0.414. The van der Waals surface area contributed by atoms with Crippen molar-refractivity contribution < 1.29 is 14.3 Å². The van der Waals surface area contributed by atoms with Crippen LogP contribution < -0.4 is 0 Å². The van der Waals surface area contributed by atoms with Crippen molar-refractivity contribution in [1.82, 2.24) is 0 Å². The molecule has 5 atom stereocenters. The minimum Gasteiger partial charge on any atom is -0.393 e. The SMILES string of the molecule is [2H]C([2H])=C1CC[C@H](O)C/C1=C([2H])\C=C1/CCC[C@]2(C)[C@@H]([C@H](C)CCCC(C)(C)O)CC[C@@H]12. The van der Waals surface area contributed by atoms with Crippen molar-refractivity contribution in [2.75, 3.05) is 0 Å². The Morgan fingerprint density at radius 3 is 2.86 bits per heavy atom. The second-order valence-electron chi connectivity index (χ2n) is 11.0. The van der Waals surface area contributed by atoms with E-state index < -0.39 is 11.7 Å². The van der Waals surface area contributed by atoms with Gasteiger partial charge < -0.3 is 10.2 Å². The Bertz CT molecular complexity index is 772. The van der Waals surface area contributed by atoms with Gasteiger partial charge in [-0.1, -0.05) is 56.5 Å². The highest BCUT2D eigenvalue weighted by Gasteiger charge is 2.50. The molecule has 0 heterocycles. The fourth-order valence-electron chi connectivity index (χ4n) is 6.49. The molecule has 164 valence electrons. The third kappa shape index (κ3) is 5.44. The summed E-state index contributed by atoms with van der Waals surface area (Å²) in [5.74, 6) is 1.82. The molecule has 3 fully saturated rings. The lowest BCUT2D eigenvalue weighted by atomic mass is 9.60. The summed E-state index contributed by atoms with van der Waals surface area (Å²) in [6.07, 6.45) is 12.0. The molecule has 3 rings (SSSR count). The maximum absolute atomic E-state index is 10.1. The third-order valence-corrected chi connectivity index (χ3v) is 8.14. The lowest BCUT2D eigenvalue weighted by molar-refractivity contribution is 0.0596. The predicted octanol–water partition coefficient (Wildman–Crippen LogP) is 6.73. The van der Waals surface area contributed by atoms with E-state index in [2.05, 4.69) is 13.8 Å². The Morgan fingerprint density at radius 2 is 2.14 bits per heavy atom. The quantitative estimate of drug-likeness (QED) is 0.516. The van der Waals surface area contributed by atoms with Gasteiger partial charge in [-0.15, -0.1) is 0 Å². The Hall–Kier alpha value is -0.860. The highest BCUT2D eigenvalue weighted by Crippen LogP contribution is 2.60. The first-order chi connectivity index (χ1) is 14.9. The Morgan fingerprint density at radius 1 is 1.34 bits per heavy atom. The number of fused-ring (bicyclic) bond motifs is 1. The van der Waals surface area contributed by atoms with Crippen LogP contribution in [0.15, 0.2) is 35.4 Å². The summed E-state index contributed by atoms with van der Waals surface area (Å²) in [5.41, 5.74) is 2.40. The van der Waals surface area contributed by atoms with Crippen molar-refractivity contribution >= 4 is 0 Å². The van der Waals surface area contributed by atoms with E-state index in [9.17, 15) is 10.2 Å². The van der Waals surface area contributed by atoms with Gasteiger partial charge in [0.15, 0.2) is 0 Å². The zero-order chi connectivity index (χ0) is 23.7. The van der Waals surface area contributed by atoms with Crippen LogP contribution in [0.2, 0.25) is 0 Å². The van der Waals surface area contributed by atoms with E-state index >= 15 is 0 Å². The van der Waals surface area contributed by atoms with E-state index in [1.54, 1.807) is 0 Å². The van der Waals surface area contributed by atoms with Crippen molar-refractivity contribution in [2.45, 2.75) is 110 Å². The zero-order valence-electron chi connectivity index (χ0n) is 22.1. The second kappa shape index (κ2) is 9.10. The normalized spacial score (nSPS) is 38.8. The van der Waals surface area contributed by atoms with E-state index in [0.717, 1.165) is 32.1 Å². The minimum atomic E-state index is -0.585. The Labute approximate surface area is 183 Å². The maximum Gasteiger partial charge on any atom is 0.0626 e. The van der Waals surface area contributed by atoms with Gasteiger partial charge in [0.2, 0.25) is 0 Å². The summed E-state index contributed by atoms with van der Waals surface area (Å²) < 4.78 is 24.4. The molecule has 0 radical (unpaired) electrons. The summed E-state index contributed by atoms with van der Waals surface area (Å²) in [5, 5.41) is 20.2. The molecule has 0 aromatic heterocycles. The Balaban J connectivity index is 1.79. The summed E-state index contributed by atoms with van der Waals surface area (Å²) in [4.78, 5) is 0. The van der Waals surface area contributed by atoms with Crippen LogP contribution in [0.5, 0.6) is 0 Å². The molecule has 0 spiro atoms. The lowest BCUT2D eigenvalue weighted by Crippen LogP contribution is -2.36. The largest absolute Gasteiger partial charge is 0.393 e. The highest BCUT2D eigenvalue weighted by molar-refractivity contribution is 5.36. The number of hydrogen-bond acceptors (Lipinski definition) is 2. The van der Waals surface area contributed by atoms with Gasteiger partial charge >= 0.3 is 0 Å². The van der Waals surface area contributed by atoms with Crippen LogP contribution >= 0.6 is 0 Å². The first-order valence-electron chi connectivity index (χ1n) is 13.4. The van der Waals surface area contributed by atoms with Gasteiger partial charge in [-0.05, 0) is 100 Å². The molecule has 3 saturated carbocycles. The molecule has 3 aliphatic carbocycles. The molecule has 0 aliphatic heterocycles. The summed E-state index contributed by atoms with van der Waals surface area (Å²) in [6.45, 7) is 8.44. The third-order valence-electron chi connectivity index (χ3n) is 8.14. The van der Waals surface area contributed by atoms with Gasteiger partial charge in [0.25, 0.3) is 0 Å². The van der Waals surface area contributed by atoms with Gasteiger partial charge in [-0.3, -0.25) is 0 Å². The van der Waals surface area contributed by atoms with Crippen LogP contribution in [-0.2, 0) is 0 Å². The van der Waals surface area contributed by atoms with E-state index in [1.165, 1.54) is 24.8 Å². The topological polar surface area (TPSA) is 40.5 Å². The van der Waals surface area contributed by atoms with Crippen LogP contribution in [0.3, 0.4) is 0 Å². The van der Waals surface area contributed by atoms with Crippen LogP contribution in [0.25, 0.3) is 0 Å². The van der Waals surface area contributed by atoms with Crippen LogP contribution in [-0.4, -0.2) is 21.9 Å². The molecule has 3 aliphatic rings. The molecule has 2 nitrogen and oxygen atoms in total. The highest BCUT2D eigenvalue weighted by atomic mass is 16.3. The zero-order valence-corrected chi connectivity index (χ0v) is 19.1. The van der Waals surface area contributed by atoms with E-state index in [4.69, 9.17) is 4.11 Å². The van der Waals surface area contributed by atoms with Crippen LogP contribution in [0, 0.1) is 23.2 Å². The molecule has 2 N–H and O–H groups in total. The number of hydrogen-bond donors (Lipinski definition) is 2. The predicted molar refractivity (Wildman–Crippen MR) is 123 cm³/mol. The van der Waals surface area contributed by atoms with E-state index in [1.807, 2.05) is 19.9 Å². The fourth-order valence-corrected chi connectivity index (χ4v) is 6.49. The second-order valence-corrected chi connectivity index (χ2v) is 11.0. The van der Waals surface area contributed by atoms with Gasteiger partial charge in [0.1, 0.15) is 0 Å². The van der Waals surface area contributed by atoms with E-state index in [0.29, 0.717) is 54.2 Å². The van der Waals surface area contributed by atoms with Crippen LogP contribution in [0.4, 0.5) is 0 Å². The molecular formula is C27H44O2. The Kier molecular flexibility index (Phi) is 5.92. The van der Waals surface area contributed by atoms with Crippen molar-refractivity contribution in [3.05, 3.63) is 35.4 Å². The van der Waals surface area contributed by atoms with Gasteiger partial charge in [-0.25, -0.2) is 0 Å². The standard InChI is InChI=1S/C27H44O2/c1-19-10-13-23(28)18-22(19)12-11-21-9-7-17-27(5)24(14-15-25(21)27)20(2)8-6-16-26(3,4)29/h11-12,20,23-25,28-29H,1,6-10,13-18H2,2-5H3/b21-11+,22-12+/t20-,23+,24-,25+,27-/m1/s1/i1D2,12D. The van der Waals surface area contributed by atoms with Crippen molar-refractivity contribution in [1.29, 1.82) is 0 Å². The molecule has 2 heteroatoms. The summed E-state index contributed by atoms with van der Waals surface area (Å²) in [7, 11) is 0. The molecule has 0 aromatic carbocycles. The van der Waals surface area contributed by atoms with Crippen molar-refractivity contribution in [3.63, 3.8) is 0 Å². The molecule has 0 unspecified atom stereocenters. The molecule has 0 bridgehead atoms. The number of rotatable bonds is 6. The first kappa shape index (κ1) is 18.9. The average molecular weight is 404 g/mol.